The van der Waals surface area contributed by atoms with Gasteiger partial charge in [-0.15, -0.1) is 0 Å². The van der Waals surface area contributed by atoms with Crippen LogP contribution in [-0.2, 0) is 0 Å². The number of para-hydroxylation sites is 1. The van der Waals surface area contributed by atoms with Crippen LogP contribution in [0.3, 0.4) is 0 Å². The van der Waals surface area contributed by atoms with Crippen molar-refractivity contribution >= 4 is 23.0 Å². The van der Waals surface area contributed by atoms with Crippen molar-refractivity contribution in [2.75, 3.05) is 5.32 Å². The van der Waals surface area contributed by atoms with Crippen LogP contribution in [0.5, 0.6) is 0 Å². The van der Waals surface area contributed by atoms with Crippen LogP contribution < -0.4 is 10.6 Å². The van der Waals surface area contributed by atoms with Gasteiger partial charge < -0.3 is 10.6 Å². The summed E-state index contributed by atoms with van der Waals surface area (Å²) in [6, 6.07) is 9.73. The molecule has 2 aromatic rings. The molecular weight excluding hydrogens is 302 g/mol. The molecule has 0 aliphatic carbocycles. The predicted octanol–water partition coefficient (Wildman–Crippen LogP) is 4.63. The van der Waals surface area contributed by atoms with E-state index in [2.05, 4.69) is 16.7 Å². The monoisotopic (exact) mass is 320 g/mol. The second-order valence-electron chi connectivity index (χ2n) is 5.28. The first kappa shape index (κ1) is 16.4. The fraction of sp³-hybridized carbons (Fsp3) is 0.235. The van der Waals surface area contributed by atoms with Crippen LogP contribution >= 0.6 is 12.2 Å². The molecular formula is C17H18F2N2S. The van der Waals surface area contributed by atoms with Crippen LogP contribution in [0.4, 0.5) is 14.5 Å². The Morgan fingerprint density at radius 1 is 1.09 bits per heavy atom. The summed E-state index contributed by atoms with van der Waals surface area (Å²) in [5.74, 6) is -1.35. The number of hydrogen-bond acceptors (Lipinski definition) is 1. The van der Waals surface area contributed by atoms with E-state index in [-0.39, 0.29) is 16.8 Å². The van der Waals surface area contributed by atoms with Crippen molar-refractivity contribution < 1.29 is 8.78 Å². The van der Waals surface area contributed by atoms with Gasteiger partial charge in [0.15, 0.2) is 5.11 Å². The Bertz CT molecular complexity index is 681. The lowest BCUT2D eigenvalue weighted by Gasteiger charge is -2.19. The van der Waals surface area contributed by atoms with E-state index in [9.17, 15) is 8.78 Å². The summed E-state index contributed by atoms with van der Waals surface area (Å²) >= 11 is 5.15. The third-order valence-electron chi connectivity index (χ3n) is 3.44. The molecule has 1 atom stereocenters. The number of rotatable bonds is 3. The van der Waals surface area contributed by atoms with E-state index in [1.54, 1.807) is 0 Å². The summed E-state index contributed by atoms with van der Waals surface area (Å²) in [4.78, 5) is 0. The van der Waals surface area contributed by atoms with Crippen molar-refractivity contribution in [1.29, 1.82) is 0 Å². The maximum atomic E-state index is 13.6. The van der Waals surface area contributed by atoms with E-state index in [0.29, 0.717) is 0 Å². The lowest BCUT2D eigenvalue weighted by molar-refractivity contribution is 0.590. The fourth-order valence-electron chi connectivity index (χ4n) is 2.35. The van der Waals surface area contributed by atoms with E-state index in [4.69, 9.17) is 12.2 Å². The number of hydrogen-bond donors (Lipinski definition) is 2. The lowest BCUT2D eigenvalue weighted by Crippen LogP contribution is -2.31. The molecule has 0 radical (unpaired) electrons. The summed E-state index contributed by atoms with van der Waals surface area (Å²) in [7, 11) is 0. The first-order valence-corrected chi connectivity index (χ1v) is 7.38. The molecule has 0 bridgehead atoms. The molecule has 0 spiro atoms. The zero-order valence-electron chi connectivity index (χ0n) is 12.7. The molecule has 22 heavy (non-hydrogen) atoms. The van der Waals surface area contributed by atoms with Gasteiger partial charge in [0.05, 0.1) is 6.04 Å². The van der Waals surface area contributed by atoms with E-state index in [1.165, 1.54) is 23.8 Å². The molecule has 0 aliphatic heterocycles. The SMILES string of the molecule is Cc1ccc(C(C)NC(=S)Nc2c(F)cccc2F)c(C)c1. The van der Waals surface area contributed by atoms with Gasteiger partial charge in [-0.3, -0.25) is 0 Å². The molecule has 2 nitrogen and oxygen atoms in total. The van der Waals surface area contributed by atoms with Gasteiger partial charge in [-0.25, -0.2) is 8.78 Å². The molecule has 2 aromatic carbocycles. The minimum Gasteiger partial charge on any atom is -0.356 e. The summed E-state index contributed by atoms with van der Waals surface area (Å²) in [5.41, 5.74) is 3.17. The number of thiocarbonyl (C=S) groups is 1. The maximum absolute atomic E-state index is 13.6. The van der Waals surface area contributed by atoms with E-state index in [1.807, 2.05) is 32.9 Å². The largest absolute Gasteiger partial charge is 0.356 e. The Hall–Kier alpha value is -2.01. The summed E-state index contributed by atoms with van der Waals surface area (Å²) in [6.07, 6.45) is 0. The summed E-state index contributed by atoms with van der Waals surface area (Å²) in [6.45, 7) is 6.00. The van der Waals surface area contributed by atoms with Gasteiger partial charge in [0, 0.05) is 0 Å². The zero-order valence-corrected chi connectivity index (χ0v) is 13.5. The number of nitrogens with one attached hydrogen (secondary N) is 2. The molecule has 0 amide bonds. The molecule has 2 rings (SSSR count). The second kappa shape index (κ2) is 6.83. The lowest BCUT2D eigenvalue weighted by atomic mass is 10.0. The standard InChI is InChI=1S/C17H18F2N2S/c1-10-7-8-13(11(2)9-10)12(3)20-17(22)21-16-14(18)5-4-6-15(16)19/h4-9,12H,1-3H3,(H2,20,21,22). The van der Waals surface area contributed by atoms with Crippen LogP contribution in [0.25, 0.3) is 0 Å². The third-order valence-corrected chi connectivity index (χ3v) is 3.66. The van der Waals surface area contributed by atoms with Crippen molar-refractivity contribution in [2.24, 2.45) is 0 Å². The van der Waals surface area contributed by atoms with Crippen molar-refractivity contribution in [3.05, 3.63) is 64.7 Å². The predicted molar refractivity (Wildman–Crippen MR) is 90.0 cm³/mol. The maximum Gasteiger partial charge on any atom is 0.171 e. The number of benzene rings is 2. The molecule has 2 N–H and O–H groups in total. The quantitative estimate of drug-likeness (QED) is 0.806. The van der Waals surface area contributed by atoms with Gasteiger partial charge in [0.2, 0.25) is 0 Å². The Morgan fingerprint density at radius 2 is 1.73 bits per heavy atom. The van der Waals surface area contributed by atoms with Crippen molar-refractivity contribution in [1.82, 2.24) is 5.32 Å². The molecule has 0 aromatic heterocycles. The third kappa shape index (κ3) is 3.80. The normalized spacial score (nSPS) is 11.9. The minimum atomic E-state index is -0.677. The average Bonchev–Trinajstić information content (AvgIpc) is 2.42. The molecule has 5 heteroatoms. The van der Waals surface area contributed by atoms with Gasteiger partial charge in [-0.05, 0) is 56.2 Å². The number of aryl methyl sites for hydroxylation is 2. The summed E-state index contributed by atoms with van der Waals surface area (Å²) in [5, 5.41) is 5.80. The van der Waals surface area contributed by atoms with Crippen LogP contribution in [0.15, 0.2) is 36.4 Å². The Labute approximate surface area is 134 Å². The second-order valence-corrected chi connectivity index (χ2v) is 5.69. The minimum absolute atomic E-state index is 0.0737. The Kier molecular flexibility index (Phi) is 5.08. The average molecular weight is 320 g/mol. The zero-order chi connectivity index (χ0) is 16.3. The van der Waals surface area contributed by atoms with Gasteiger partial charge in [-0.2, -0.15) is 0 Å². The molecule has 0 fully saturated rings. The van der Waals surface area contributed by atoms with Crippen LogP contribution in [0.2, 0.25) is 0 Å². The van der Waals surface area contributed by atoms with E-state index >= 15 is 0 Å². The number of halogens is 2. The van der Waals surface area contributed by atoms with Gasteiger partial charge >= 0.3 is 0 Å². The van der Waals surface area contributed by atoms with Gasteiger partial charge in [0.1, 0.15) is 17.3 Å². The highest BCUT2D eigenvalue weighted by molar-refractivity contribution is 7.80. The number of anilines is 1. The smallest absolute Gasteiger partial charge is 0.171 e. The van der Waals surface area contributed by atoms with Crippen molar-refractivity contribution in [2.45, 2.75) is 26.8 Å². The van der Waals surface area contributed by atoms with Crippen molar-refractivity contribution in [3.8, 4) is 0 Å². The molecule has 0 aliphatic rings. The van der Waals surface area contributed by atoms with Gasteiger partial charge in [-0.1, -0.05) is 29.8 Å². The Morgan fingerprint density at radius 3 is 2.32 bits per heavy atom. The van der Waals surface area contributed by atoms with Crippen molar-refractivity contribution in [3.63, 3.8) is 0 Å². The molecule has 0 saturated carbocycles. The topological polar surface area (TPSA) is 24.1 Å². The molecule has 116 valence electrons. The fourth-order valence-corrected chi connectivity index (χ4v) is 2.63. The van der Waals surface area contributed by atoms with E-state index < -0.39 is 11.6 Å². The van der Waals surface area contributed by atoms with Crippen LogP contribution in [0, 0.1) is 25.5 Å². The molecule has 1 unspecified atom stereocenters. The Balaban J connectivity index is 2.08. The van der Waals surface area contributed by atoms with E-state index in [0.717, 1.165) is 11.1 Å². The highest BCUT2D eigenvalue weighted by Crippen LogP contribution is 2.20. The highest BCUT2D eigenvalue weighted by atomic mass is 32.1. The van der Waals surface area contributed by atoms with Gasteiger partial charge in [0.25, 0.3) is 0 Å². The first-order valence-electron chi connectivity index (χ1n) is 6.97. The van der Waals surface area contributed by atoms with Crippen LogP contribution in [-0.4, -0.2) is 5.11 Å². The first-order chi connectivity index (χ1) is 10.4. The van der Waals surface area contributed by atoms with Crippen LogP contribution in [0.1, 0.15) is 29.7 Å². The summed E-state index contributed by atoms with van der Waals surface area (Å²) < 4.78 is 27.2. The highest BCUT2D eigenvalue weighted by Gasteiger charge is 2.13. The molecule has 0 heterocycles. The molecule has 0 saturated heterocycles.